The van der Waals surface area contributed by atoms with E-state index in [1.54, 1.807) is 13.8 Å². The van der Waals surface area contributed by atoms with E-state index < -0.39 is 46.6 Å². The summed E-state index contributed by atoms with van der Waals surface area (Å²) < 4.78 is 74.1. The van der Waals surface area contributed by atoms with Gasteiger partial charge in [-0.15, -0.1) is 0 Å². The van der Waals surface area contributed by atoms with Gasteiger partial charge in [0.05, 0.1) is 10.6 Å². The van der Waals surface area contributed by atoms with Gasteiger partial charge in [-0.3, -0.25) is 9.59 Å². The molecular weight excluding hydrogens is 404 g/mol. The van der Waals surface area contributed by atoms with Gasteiger partial charge in [-0.2, -0.15) is 26.3 Å². The zero-order valence-corrected chi connectivity index (χ0v) is 14.6. The molecule has 0 aliphatic rings. The summed E-state index contributed by atoms with van der Waals surface area (Å²) in [7, 11) is 0. The lowest BCUT2D eigenvalue weighted by atomic mass is 10.0. The van der Waals surface area contributed by atoms with Crippen molar-refractivity contribution in [3.05, 3.63) is 35.1 Å². The van der Waals surface area contributed by atoms with Crippen molar-refractivity contribution < 1.29 is 35.9 Å². The van der Waals surface area contributed by atoms with Gasteiger partial charge in [0, 0.05) is 18.5 Å². The number of aromatic nitrogens is 1. The Balaban J connectivity index is 2.88. The van der Waals surface area contributed by atoms with Gasteiger partial charge in [0.1, 0.15) is 6.04 Å². The molecule has 1 aromatic heterocycles. The van der Waals surface area contributed by atoms with Crippen LogP contribution in [0.4, 0.5) is 32.2 Å². The van der Waals surface area contributed by atoms with E-state index >= 15 is 0 Å². The molecule has 150 valence electrons. The van der Waals surface area contributed by atoms with Crippen LogP contribution in [0.25, 0.3) is 0 Å². The van der Waals surface area contributed by atoms with E-state index in [1.165, 1.54) is 0 Å². The van der Waals surface area contributed by atoms with E-state index in [1.807, 2.05) is 0 Å². The summed E-state index contributed by atoms with van der Waals surface area (Å²) in [5, 5.41) is 4.05. The van der Waals surface area contributed by atoms with Gasteiger partial charge in [-0.05, 0) is 12.0 Å². The third-order valence-corrected chi connectivity index (χ3v) is 3.44. The maximum absolute atomic E-state index is 12.6. The molecule has 1 rings (SSSR count). The molecule has 0 aromatic carbocycles. The number of rotatable bonds is 6. The number of carbonyl (C=O) groups excluding carboxylic acids is 2. The number of carbonyl (C=O) groups is 2. The molecule has 2 N–H and O–H groups in total. The van der Waals surface area contributed by atoms with Crippen LogP contribution in [-0.2, 0) is 15.8 Å². The van der Waals surface area contributed by atoms with Crippen LogP contribution in [0.2, 0.25) is 5.02 Å². The number of alkyl halides is 6. The highest BCUT2D eigenvalue weighted by atomic mass is 35.5. The molecule has 1 atom stereocenters. The van der Waals surface area contributed by atoms with Crippen molar-refractivity contribution >= 4 is 29.1 Å². The molecule has 1 unspecified atom stereocenters. The molecule has 1 amide bonds. The second kappa shape index (κ2) is 8.59. The summed E-state index contributed by atoms with van der Waals surface area (Å²) in [6, 6.07) is -0.536. The van der Waals surface area contributed by atoms with Crippen LogP contribution >= 0.6 is 11.6 Å². The van der Waals surface area contributed by atoms with E-state index in [0.29, 0.717) is 18.5 Å². The number of halogens is 7. The third kappa shape index (κ3) is 6.74. The van der Waals surface area contributed by atoms with Gasteiger partial charge >= 0.3 is 12.4 Å². The molecule has 0 fully saturated rings. The molecule has 0 bridgehead atoms. The van der Waals surface area contributed by atoms with Crippen LogP contribution in [0.5, 0.6) is 0 Å². The average molecular weight is 418 g/mol. The lowest BCUT2D eigenvalue weighted by Gasteiger charge is -2.20. The van der Waals surface area contributed by atoms with Crippen molar-refractivity contribution in [3.63, 3.8) is 0 Å². The number of pyridine rings is 1. The van der Waals surface area contributed by atoms with Crippen molar-refractivity contribution in [3.8, 4) is 0 Å². The zero-order chi connectivity index (χ0) is 21.0. The average Bonchev–Trinajstić information content (AvgIpc) is 2.50. The van der Waals surface area contributed by atoms with Gasteiger partial charge < -0.3 is 10.6 Å². The number of allylic oxidation sites excluding steroid dienone is 1. The van der Waals surface area contributed by atoms with Gasteiger partial charge in [0.2, 0.25) is 5.91 Å². The van der Waals surface area contributed by atoms with Crippen LogP contribution in [-0.4, -0.2) is 28.9 Å². The Hall–Kier alpha value is -2.30. The van der Waals surface area contributed by atoms with Crippen molar-refractivity contribution in [2.75, 3.05) is 5.32 Å². The fourth-order valence-electron chi connectivity index (χ4n) is 1.77. The summed E-state index contributed by atoms with van der Waals surface area (Å²) in [4.78, 5) is 26.4. The predicted octanol–water partition coefficient (Wildman–Crippen LogP) is 3.95. The number of amides is 1. The van der Waals surface area contributed by atoms with Crippen molar-refractivity contribution in [2.45, 2.75) is 32.2 Å². The standard InChI is InChI=1S/C15H14ClF6N3O2/c1-7(2)11(23-4-3-10(26)15(20,21)22)13(27)25-12-9(16)5-8(6-24-12)14(17,18)19/h3-7,11,23H,1-2H3,(H,24,25,27)/b4-3+. The summed E-state index contributed by atoms with van der Waals surface area (Å²) in [6.45, 7) is 3.11. The summed E-state index contributed by atoms with van der Waals surface area (Å²) >= 11 is 5.68. The minimum atomic E-state index is -5.05. The highest BCUT2D eigenvalue weighted by Crippen LogP contribution is 2.32. The lowest BCUT2D eigenvalue weighted by molar-refractivity contribution is -0.165. The SMILES string of the molecule is CC(C)C(N/C=C/C(=O)C(F)(F)F)C(=O)Nc1ncc(C(F)(F)F)cc1Cl. The molecule has 0 radical (unpaired) electrons. The highest BCUT2D eigenvalue weighted by Gasteiger charge is 2.36. The van der Waals surface area contributed by atoms with Gasteiger partial charge in [0.15, 0.2) is 5.82 Å². The maximum atomic E-state index is 12.6. The van der Waals surface area contributed by atoms with E-state index in [2.05, 4.69) is 15.6 Å². The van der Waals surface area contributed by atoms with Crippen molar-refractivity contribution in [2.24, 2.45) is 5.92 Å². The lowest BCUT2D eigenvalue weighted by Crippen LogP contribution is -2.42. The van der Waals surface area contributed by atoms with Crippen LogP contribution in [0, 0.1) is 5.92 Å². The molecular formula is C15H14ClF6N3O2. The first-order valence-electron chi connectivity index (χ1n) is 7.31. The van der Waals surface area contributed by atoms with Crippen LogP contribution < -0.4 is 10.6 Å². The molecule has 1 heterocycles. The van der Waals surface area contributed by atoms with Crippen LogP contribution in [0.15, 0.2) is 24.5 Å². The second-order valence-corrected chi connectivity index (χ2v) is 6.03. The Morgan fingerprint density at radius 2 is 1.78 bits per heavy atom. The Morgan fingerprint density at radius 1 is 1.19 bits per heavy atom. The number of anilines is 1. The van der Waals surface area contributed by atoms with Crippen LogP contribution in [0.3, 0.4) is 0 Å². The fraction of sp³-hybridized carbons (Fsp3) is 0.400. The number of ketones is 1. The van der Waals surface area contributed by atoms with Gasteiger partial charge in [-0.25, -0.2) is 4.98 Å². The maximum Gasteiger partial charge on any atom is 0.454 e. The second-order valence-electron chi connectivity index (χ2n) is 5.63. The predicted molar refractivity (Wildman–Crippen MR) is 84.8 cm³/mol. The first kappa shape index (κ1) is 22.7. The largest absolute Gasteiger partial charge is 0.454 e. The Morgan fingerprint density at radius 3 is 2.22 bits per heavy atom. The molecule has 0 aliphatic carbocycles. The van der Waals surface area contributed by atoms with E-state index in [4.69, 9.17) is 11.6 Å². The molecule has 27 heavy (non-hydrogen) atoms. The van der Waals surface area contributed by atoms with E-state index in [9.17, 15) is 35.9 Å². The molecule has 0 aliphatic heterocycles. The summed E-state index contributed by atoms with van der Waals surface area (Å²) in [6.07, 6.45) is -8.36. The molecule has 0 spiro atoms. The molecule has 5 nitrogen and oxygen atoms in total. The first-order valence-corrected chi connectivity index (χ1v) is 7.68. The van der Waals surface area contributed by atoms with Gasteiger partial charge in [-0.1, -0.05) is 25.4 Å². The first-order chi connectivity index (χ1) is 12.2. The Kier molecular flexibility index (Phi) is 7.24. The number of hydrogen-bond acceptors (Lipinski definition) is 4. The summed E-state index contributed by atoms with van der Waals surface area (Å²) in [5.74, 6) is -3.74. The Labute approximate surface area is 154 Å². The number of nitrogens with zero attached hydrogens (tertiary/aromatic N) is 1. The smallest absolute Gasteiger partial charge is 0.379 e. The summed E-state index contributed by atoms with van der Waals surface area (Å²) in [5.41, 5.74) is -1.11. The van der Waals surface area contributed by atoms with Crippen LogP contribution in [0.1, 0.15) is 19.4 Å². The number of nitrogens with one attached hydrogen (secondary N) is 2. The quantitative estimate of drug-likeness (QED) is 0.543. The van der Waals surface area contributed by atoms with E-state index in [-0.39, 0.29) is 11.9 Å². The monoisotopic (exact) mass is 417 g/mol. The normalized spacial score (nSPS) is 13.7. The van der Waals surface area contributed by atoms with E-state index in [0.717, 1.165) is 0 Å². The highest BCUT2D eigenvalue weighted by molar-refractivity contribution is 6.33. The third-order valence-electron chi connectivity index (χ3n) is 3.15. The Bertz CT molecular complexity index is 731. The van der Waals surface area contributed by atoms with Crippen molar-refractivity contribution in [1.29, 1.82) is 0 Å². The topological polar surface area (TPSA) is 71.1 Å². The minimum absolute atomic E-state index is 0.214. The number of hydrogen-bond donors (Lipinski definition) is 2. The van der Waals surface area contributed by atoms with Crippen molar-refractivity contribution in [1.82, 2.24) is 10.3 Å². The molecule has 0 saturated carbocycles. The zero-order valence-electron chi connectivity index (χ0n) is 13.9. The fourth-order valence-corrected chi connectivity index (χ4v) is 1.99. The minimum Gasteiger partial charge on any atom is -0.379 e. The molecule has 12 heteroatoms. The molecule has 1 aromatic rings. The molecule has 0 saturated heterocycles. The van der Waals surface area contributed by atoms with Gasteiger partial charge in [0.25, 0.3) is 5.78 Å².